The number of nitrogens with zero attached hydrogens (tertiary/aromatic N) is 3. The van der Waals surface area contributed by atoms with Crippen LogP contribution in [0.15, 0.2) is 28.4 Å². The molecule has 25 heavy (non-hydrogen) atoms. The van der Waals surface area contributed by atoms with Gasteiger partial charge in [-0.2, -0.15) is 10.2 Å². The summed E-state index contributed by atoms with van der Waals surface area (Å²) in [6.45, 7) is 1.72. The third-order valence-electron chi connectivity index (χ3n) is 4.08. The molecule has 1 aromatic rings. The molecule has 0 fully saturated rings. The molecule has 0 saturated carbocycles. The third-order valence-corrected chi connectivity index (χ3v) is 4.08. The summed E-state index contributed by atoms with van der Waals surface area (Å²) in [5.74, 6) is -0.131. The molecule has 0 bridgehead atoms. The highest BCUT2D eigenvalue weighted by Gasteiger charge is 2.35. The fourth-order valence-corrected chi connectivity index (χ4v) is 2.60. The number of aliphatic hydroxyl groups is 1. The number of carbonyl (C=O) groups excluding carboxylic acids is 1. The van der Waals surface area contributed by atoms with Crippen LogP contribution in [0.1, 0.15) is 43.7 Å². The Hall–Kier alpha value is -2.39. The molecule has 0 radical (unpaired) electrons. The van der Waals surface area contributed by atoms with Crippen LogP contribution >= 0.6 is 0 Å². The van der Waals surface area contributed by atoms with Gasteiger partial charge in [0.05, 0.1) is 17.1 Å². The number of nitrogens with one attached hydrogen (secondary N) is 1. The second kappa shape index (κ2) is 8.13. The van der Waals surface area contributed by atoms with E-state index in [0.717, 1.165) is 0 Å². The molecule has 1 atom stereocenters. The van der Waals surface area contributed by atoms with Crippen LogP contribution < -0.4 is 11.1 Å². The maximum Gasteiger partial charge on any atom is 0.275 e. The van der Waals surface area contributed by atoms with Crippen LogP contribution in [-0.2, 0) is 17.9 Å². The normalized spacial score (nSPS) is 15.6. The summed E-state index contributed by atoms with van der Waals surface area (Å²) < 4.78 is 0. The summed E-state index contributed by atoms with van der Waals surface area (Å²) in [5, 5.41) is 30.6. The molecule has 9 heteroatoms. The van der Waals surface area contributed by atoms with E-state index in [1.165, 1.54) is 12.1 Å². The van der Waals surface area contributed by atoms with E-state index in [9.17, 15) is 14.9 Å². The van der Waals surface area contributed by atoms with Gasteiger partial charge in [-0.25, -0.2) is 0 Å². The lowest BCUT2D eigenvalue weighted by molar-refractivity contribution is -0.385. The van der Waals surface area contributed by atoms with Gasteiger partial charge in [0.15, 0.2) is 5.66 Å². The van der Waals surface area contributed by atoms with Crippen molar-refractivity contribution < 1.29 is 14.8 Å². The van der Waals surface area contributed by atoms with E-state index >= 15 is 0 Å². The second-order valence-electron chi connectivity index (χ2n) is 6.43. The number of benzene rings is 1. The molecule has 0 aliphatic carbocycles. The van der Waals surface area contributed by atoms with Crippen LogP contribution in [0.3, 0.4) is 0 Å². The number of nitro groups is 1. The predicted octanol–water partition coefficient (Wildman–Crippen LogP) is 1.77. The molecule has 1 amide bonds. The van der Waals surface area contributed by atoms with E-state index in [0.29, 0.717) is 31.2 Å². The van der Waals surface area contributed by atoms with Crippen molar-refractivity contribution in [3.8, 4) is 0 Å². The van der Waals surface area contributed by atoms with E-state index in [-0.39, 0.29) is 35.4 Å². The Balaban J connectivity index is 1.72. The molecule has 1 heterocycles. The Morgan fingerprint density at radius 1 is 1.48 bits per heavy atom. The monoisotopic (exact) mass is 349 g/mol. The summed E-state index contributed by atoms with van der Waals surface area (Å²) in [4.78, 5) is 22.3. The van der Waals surface area contributed by atoms with Gasteiger partial charge in [0.25, 0.3) is 5.69 Å². The first-order valence-corrected chi connectivity index (χ1v) is 8.16. The van der Waals surface area contributed by atoms with Crippen molar-refractivity contribution in [2.45, 2.75) is 57.5 Å². The molecule has 1 aliphatic heterocycles. The quantitative estimate of drug-likeness (QED) is 0.435. The van der Waals surface area contributed by atoms with E-state index in [1.807, 2.05) is 6.92 Å². The molecule has 0 saturated heterocycles. The smallest absolute Gasteiger partial charge is 0.275 e. The van der Waals surface area contributed by atoms with E-state index in [4.69, 9.17) is 10.8 Å². The summed E-state index contributed by atoms with van der Waals surface area (Å²) in [6.07, 6.45) is 2.41. The fourth-order valence-electron chi connectivity index (χ4n) is 2.60. The molecule has 4 N–H and O–H groups in total. The van der Waals surface area contributed by atoms with Crippen LogP contribution in [-0.4, -0.2) is 27.6 Å². The molecule has 1 aromatic carbocycles. The van der Waals surface area contributed by atoms with Crippen LogP contribution in [0.25, 0.3) is 0 Å². The summed E-state index contributed by atoms with van der Waals surface area (Å²) >= 11 is 0. The molecule has 136 valence electrons. The molecule has 9 nitrogen and oxygen atoms in total. The second-order valence-corrected chi connectivity index (χ2v) is 6.43. The summed E-state index contributed by atoms with van der Waals surface area (Å²) in [5.41, 5.74) is 6.37. The number of carbonyl (C=O) groups is 1. The van der Waals surface area contributed by atoms with Gasteiger partial charge < -0.3 is 16.2 Å². The molecule has 0 spiro atoms. The van der Waals surface area contributed by atoms with Gasteiger partial charge >= 0.3 is 0 Å². The molecule has 1 aliphatic rings. The van der Waals surface area contributed by atoms with Crippen LogP contribution in [0, 0.1) is 10.1 Å². The van der Waals surface area contributed by atoms with E-state index in [2.05, 4.69) is 15.5 Å². The average Bonchev–Trinajstić information content (AvgIpc) is 3.29. The largest absolute Gasteiger partial charge is 0.391 e. The minimum absolute atomic E-state index is 0.0403. The number of amides is 1. The number of hydrogen-bond acceptors (Lipinski definition) is 7. The highest BCUT2D eigenvalue weighted by atomic mass is 16.6. The van der Waals surface area contributed by atoms with Crippen molar-refractivity contribution in [2.24, 2.45) is 16.0 Å². The lowest BCUT2D eigenvalue weighted by Crippen LogP contribution is -2.27. The van der Waals surface area contributed by atoms with Gasteiger partial charge in [0.1, 0.15) is 0 Å². The van der Waals surface area contributed by atoms with Crippen molar-refractivity contribution >= 4 is 11.6 Å². The maximum atomic E-state index is 11.9. The van der Waals surface area contributed by atoms with Gasteiger partial charge in [0, 0.05) is 31.5 Å². The first kappa shape index (κ1) is 18.9. The predicted molar refractivity (Wildman–Crippen MR) is 90.6 cm³/mol. The minimum Gasteiger partial charge on any atom is -0.391 e. The first-order chi connectivity index (χ1) is 11.8. The van der Waals surface area contributed by atoms with Crippen LogP contribution in [0.2, 0.25) is 0 Å². The van der Waals surface area contributed by atoms with Crippen LogP contribution in [0.5, 0.6) is 0 Å². The SMILES string of the molecule is CC1(C[C@H](N)CCCC(=O)NCc2ccc(CO)c([N+](=O)[O-])c2)N=N1. The Bertz CT molecular complexity index is 670. The number of nitro benzene ring substituents is 1. The van der Waals surface area contributed by atoms with Crippen molar-refractivity contribution in [1.29, 1.82) is 0 Å². The lowest BCUT2D eigenvalue weighted by Gasteiger charge is -2.13. The van der Waals surface area contributed by atoms with Gasteiger partial charge in [-0.3, -0.25) is 14.9 Å². The zero-order chi connectivity index (χ0) is 18.4. The minimum atomic E-state index is -0.544. The number of rotatable bonds is 10. The van der Waals surface area contributed by atoms with Crippen molar-refractivity contribution in [3.63, 3.8) is 0 Å². The molecular formula is C16H23N5O4. The highest BCUT2D eigenvalue weighted by molar-refractivity contribution is 5.75. The topological polar surface area (TPSA) is 143 Å². The lowest BCUT2D eigenvalue weighted by atomic mass is 10.0. The molecule has 0 aromatic heterocycles. The van der Waals surface area contributed by atoms with Crippen molar-refractivity contribution in [3.05, 3.63) is 39.4 Å². The Morgan fingerprint density at radius 3 is 2.80 bits per heavy atom. The summed E-state index contributed by atoms with van der Waals surface area (Å²) in [6, 6.07) is 4.47. The van der Waals surface area contributed by atoms with Gasteiger partial charge in [-0.1, -0.05) is 6.07 Å². The molecule has 0 unspecified atom stereocenters. The number of hydrogen-bond donors (Lipinski definition) is 3. The Labute approximate surface area is 145 Å². The van der Waals surface area contributed by atoms with Crippen LogP contribution in [0.4, 0.5) is 5.69 Å². The Morgan fingerprint density at radius 2 is 2.20 bits per heavy atom. The first-order valence-electron chi connectivity index (χ1n) is 8.16. The third kappa shape index (κ3) is 5.87. The summed E-state index contributed by atoms with van der Waals surface area (Å²) in [7, 11) is 0. The highest BCUT2D eigenvalue weighted by Crippen LogP contribution is 2.32. The van der Waals surface area contributed by atoms with E-state index < -0.39 is 11.5 Å². The Kier molecular flexibility index (Phi) is 6.16. The van der Waals surface area contributed by atoms with Gasteiger partial charge in [-0.05, 0) is 31.4 Å². The standard InChI is InChI=1S/C16H23N5O4/c1-16(19-20-16)8-13(17)3-2-4-15(23)18-9-11-5-6-12(10-22)14(7-11)21(24)25/h5-7,13,22H,2-4,8-10,17H2,1H3,(H,18,23)/t13-/m1/s1. The number of aliphatic hydroxyl groups excluding tert-OH is 1. The molecule has 2 rings (SSSR count). The van der Waals surface area contributed by atoms with E-state index in [1.54, 1.807) is 6.07 Å². The zero-order valence-electron chi connectivity index (χ0n) is 14.1. The maximum absolute atomic E-state index is 11.9. The fraction of sp³-hybridized carbons (Fsp3) is 0.562. The van der Waals surface area contributed by atoms with Gasteiger partial charge in [0.2, 0.25) is 5.91 Å². The van der Waals surface area contributed by atoms with Crippen molar-refractivity contribution in [1.82, 2.24) is 5.32 Å². The average molecular weight is 349 g/mol. The van der Waals surface area contributed by atoms with Crippen molar-refractivity contribution in [2.75, 3.05) is 0 Å². The zero-order valence-corrected chi connectivity index (χ0v) is 14.1. The van der Waals surface area contributed by atoms with Gasteiger partial charge in [-0.15, -0.1) is 0 Å². The molecular weight excluding hydrogens is 326 g/mol. The number of nitrogens with two attached hydrogens (primary N) is 1.